The lowest BCUT2D eigenvalue weighted by Crippen LogP contribution is -1.99. The van der Waals surface area contributed by atoms with E-state index < -0.39 is 5.51 Å². The maximum Gasteiger partial charge on any atom is 0.446 e. The van der Waals surface area contributed by atoms with Crippen molar-refractivity contribution < 1.29 is 13.2 Å². The second-order valence-electron chi connectivity index (χ2n) is 3.20. The molecule has 1 aromatic carbocycles. The molecule has 0 aliphatic rings. The van der Waals surface area contributed by atoms with Crippen LogP contribution in [0.4, 0.5) is 13.2 Å². The van der Waals surface area contributed by atoms with Crippen molar-refractivity contribution >= 4 is 24.0 Å². The van der Waals surface area contributed by atoms with Gasteiger partial charge in [-0.15, -0.1) is 0 Å². The Morgan fingerprint density at radius 1 is 1.12 bits per heavy atom. The molecule has 1 aromatic heterocycles. The summed E-state index contributed by atoms with van der Waals surface area (Å²) in [5.74, 6) is 0. The summed E-state index contributed by atoms with van der Waals surface area (Å²) >= 11 is 4.77. The molecule has 2 nitrogen and oxygen atoms in total. The lowest BCUT2D eigenvalue weighted by atomic mass is 10.3. The van der Waals surface area contributed by atoms with Crippen molar-refractivity contribution in [1.82, 2.24) is 9.78 Å². The number of alkyl halides is 3. The molecule has 0 atom stereocenters. The Kier molecular flexibility index (Phi) is 3.30. The van der Waals surface area contributed by atoms with E-state index in [9.17, 15) is 13.2 Å². The number of hydrogen-bond donors (Lipinski definition) is 1. The van der Waals surface area contributed by atoms with Gasteiger partial charge in [-0.3, -0.25) is 9.78 Å². The molecule has 7 heteroatoms. The minimum Gasteiger partial charge on any atom is -0.284 e. The Balaban J connectivity index is 2.21. The maximum absolute atomic E-state index is 12.1. The molecule has 1 N–H and O–H groups in total. The topological polar surface area (TPSA) is 20.7 Å². The minimum absolute atomic E-state index is 0.130. The molecule has 0 aliphatic carbocycles. The van der Waals surface area contributed by atoms with Crippen LogP contribution in [0.15, 0.2) is 41.4 Å². The fourth-order valence-corrected chi connectivity index (χ4v) is 1.99. The summed E-state index contributed by atoms with van der Waals surface area (Å²) in [7, 11) is 0. The summed E-state index contributed by atoms with van der Waals surface area (Å²) in [6.07, 6.45) is 1.72. The third-order valence-corrected chi connectivity index (χ3v) is 2.92. The van der Waals surface area contributed by atoms with Crippen LogP contribution in [0, 0.1) is 4.64 Å². The average Bonchev–Trinajstić information content (AvgIpc) is 2.63. The number of halogens is 3. The number of rotatable bonds is 2. The Bertz CT molecular complexity index is 554. The normalized spacial score (nSPS) is 11.7. The molecule has 0 spiro atoms. The fourth-order valence-electron chi connectivity index (χ4n) is 1.29. The van der Waals surface area contributed by atoms with Crippen molar-refractivity contribution in [2.75, 3.05) is 0 Å². The molecule has 0 saturated carbocycles. The van der Waals surface area contributed by atoms with Crippen LogP contribution in [0.1, 0.15) is 0 Å². The molecule has 0 amide bonds. The van der Waals surface area contributed by atoms with Crippen molar-refractivity contribution in [1.29, 1.82) is 0 Å². The number of nitrogens with one attached hydrogen (secondary N) is 1. The number of aromatic nitrogens is 2. The zero-order chi connectivity index (χ0) is 12.5. The number of benzene rings is 1. The van der Waals surface area contributed by atoms with E-state index in [0.717, 1.165) is 5.69 Å². The quantitative estimate of drug-likeness (QED) is 0.657. The molecular weight excluding hydrogens is 269 g/mol. The SMILES string of the molecule is FC(F)(F)Sc1ccc(-n2ccc(=S)[nH]2)cc1. The van der Waals surface area contributed by atoms with Gasteiger partial charge in [-0.2, -0.15) is 13.2 Å². The van der Waals surface area contributed by atoms with Gasteiger partial charge in [0.2, 0.25) is 0 Å². The van der Waals surface area contributed by atoms with Gasteiger partial charge in [-0.1, -0.05) is 12.2 Å². The molecule has 0 bridgehead atoms. The number of hydrogen-bond acceptors (Lipinski definition) is 2. The highest BCUT2D eigenvalue weighted by molar-refractivity contribution is 8.00. The minimum atomic E-state index is -4.26. The smallest absolute Gasteiger partial charge is 0.284 e. The molecule has 2 rings (SSSR count). The van der Waals surface area contributed by atoms with E-state index in [2.05, 4.69) is 5.10 Å². The van der Waals surface area contributed by atoms with Gasteiger partial charge in [-0.25, -0.2) is 0 Å². The third kappa shape index (κ3) is 3.37. The molecule has 2 aromatic rings. The standard InChI is InChI=1S/C10H7F3N2S2/c11-10(12,13)17-8-3-1-7(2-4-8)15-6-5-9(16)14-15/h1-6H,(H,14,16). The Morgan fingerprint density at radius 2 is 1.76 bits per heavy atom. The highest BCUT2D eigenvalue weighted by atomic mass is 32.2. The van der Waals surface area contributed by atoms with Crippen LogP contribution < -0.4 is 0 Å². The Morgan fingerprint density at radius 3 is 2.24 bits per heavy atom. The van der Waals surface area contributed by atoms with Crippen molar-refractivity contribution in [3.05, 3.63) is 41.2 Å². The zero-order valence-electron chi connectivity index (χ0n) is 8.36. The van der Waals surface area contributed by atoms with Gasteiger partial charge < -0.3 is 0 Å². The lowest BCUT2D eigenvalue weighted by Gasteiger charge is -2.07. The maximum atomic E-state index is 12.1. The molecule has 0 saturated heterocycles. The van der Waals surface area contributed by atoms with E-state index >= 15 is 0 Å². The van der Waals surface area contributed by atoms with Gasteiger partial charge in [0.1, 0.15) is 4.64 Å². The summed E-state index contributed by atoms with van der Waals surface area (Å²) in [4.78, 5) is 0.159. The number of H-pyrrole nitrogens is 1. The Hall–Kier alpha value is -1.21. The molecule has 0 unspecified atom stereocenters. The lowest BCUT2D eigenvalue weighted by molar-refractivity contribution is -0.0328. The number of nitrogens with zero attached hydrogens (tertiary/aromatic N) is 1. The second kappa shape index (κ2) is 4.58. The first kappa shape index (κ1) is 12.3. The van der Waals surface area contributed by atoms with Crippen LogP contribution in [-0.2, 0) is 0 Å². The Labute approximate surface area is 104 Å². The summed E-state index contributed by atoms with van der Waals surface area (Å²) < 4.78 is 38.5. The predicted octanol–water partition coefficient (Wildman–Crippen LogP) is 4.15. The first-order chi connectivity index (χ1) is 7.94. The monoisotopic (exact) mass is 276 g/mol. The van der Waals surface area contributed by atoms with Crippen LogP contribution in [0.3, 0.4) is 0 Å². The fraction of sp³-hybridized carbons (Fsp3) is 0.100. The van der Waals surface area contributed by atoms with Gasteiger partial charge in [-0.05, 0) is 42.1 Å². The molecule has 17 heavy (non-hydrogen) atoms. The van der Waals surface area contributed by atoms with Gasteiger partial charge >= 0.3 is 5.51 Å². The van der Waals surface area contributed by atoms with E-state index in [1.54, 1.807) is 29.1 Å². The van der Waals surface area contributed by atoms with Gasteiger partial charge in [0.05, 0.1) is 5.69 Å². The van der Waals surface area contributed by atoms with Crippen LogP contribution in [0.25, 0.3) is 5.69 Å². The molecule has 90 valence electrons. The van der Waals surface area contributed by atoms with Crippen LogP contribution in [-0.4, -0.2) is 15.3 Å². The number of thioether (sulfide) groups is 1. The highest BCUT2D eigenvalue weighted by Crippen LogP contribution is 2.36. The number of aromatic amines is 1. The molecule has 1 heterocycles. The van der Waals surface area contributed by atoms with E-state index in [-0.39, 0.29) is 16.7 Å². The first-order valence-electron chi connectivity index (χ1n) is 4.58. The third-order valence-electron chi connectivity index (χ3n) is 1.95. The predicted molar refractivity (Wildman–Crippen MR) is 62.9 cm³/mol. The molecular formula is C10H7F3N2S2. The first-order valence-corrected chi connectivity index (χ1v) is 5.80. The molecule has 0 aliphatic heterocycles. The van der Waals surface area contributed by atoms with E-state index in [0.29, 0.717) is 4.64 Å². The highest BCUT2D eigenvalue weighted by Gasteiger charge is 2.28. The van der Waals surface area contributed by atoms with Gasteiger partial charge in [0.25, 0.3) is 0 Å². The van der Waals surface area contributed by atoms with E-state index in [1.165, 1.54) is 12.1 Å². The van der Waals surface area contributed by atoms with Gasteiger partial charge in [0, 0.05) is 11.1 Å². The van der Waals surface area contributed by atoms with Crippen LogP contribution >= 0.6 is 24.0 Å². The molecule has 0 radical (unpaired) electrons. The van der Waals surface area contributed by atoms with Crippen molar-refractivity contribution in [3.8, 4) is 5.69 Å². The van der Waals surface area contributed by atoms with Crippen LogP contribution in [0.2, 0.25) is 0 Å². The molecule has 0 fully saturated rings. The van der Waals surface area contributed by atoms with E-state index in [1.807, 2.05) is 0 Å². The van der Waals surface area contributed by atoms with Crippen molar-refractivity contribution in [2.45, 2.75) is 10.4 Å². The van der Waals surface area contributed by atoms with Crippen LogP contribution in [0.5, 0.6) is 0 Å². The van der Waals surface area contributed by atoms with Crippen molar-refractivity contribution in [2.24, 2.45) is 0 Å². The van der Waals surface area contributed by atoms with Gasteiger partial charge in [0.15, 0.2) is 0 Å². The second-order valence-corrected chi connectivity index (χ2v) is 4.78. The largest absolute Gasteiger partial charge is 0.446 e. The van der Waals surface area contributed by atoms with Crippen molar-refractivity contribution in [3.63, 3.8) is 0 Å². The summed E-state index contributed by atoms with van der Waals surface area (Å²) in [5.41, 5.74) is -3.53. The summed E-state index contributed by atoms with van der Waals surface area (Å²) in [6.45, 7) is 0. The van der Waals surface area contributed by atoms with E-state index in [4.69, 9.17) is 12.2 Å². The summed E-state index contributed by atoms with van der Waals surface area (Å²) in [6, 6.07) is 7.74. The summed E-state index contributed by atoms with van der Waals surface area (Å²) in [5, 5.41) is 2.86. The average molecular weight is 276 g/mol. The zero-order valence-corrected chi connectivity index (χ0v) is 9.99.